The summed E-state index contributed by atoms with van der Waals surface area (Å²) in [7, 11) is 0. The van der Waals surface area contributed by atoms with Crippen LogP contribution in [0.5, 0.6) is 0 Å². The lowest BCUT2D eigenvalue weighted by Gasteiger charge is -2.12. The molecule has 2 nitrogen and oxygen atoms in total. The normalized spacial score (nSPS) is 11.6. The smallest absolute Gasteiger partial charge is 0.336 e. The molecule has 0 amide bonds. The van der Waals surface area contributed by atoms with Gasteiger partial charge in [0.2, 0.25) is 0 Å². The number of rotatable bonds is 2. The van der Waals surface area contributed by atoms with Gasteiger partial charge in [-0.1, -0.05) is 66.2 Å². The van der Waals surface area contributed by atoms with Gasteiger partial charge in [-0.25, -0.2) is 4.79 Å². The molecule has 3 heteroatoms. The molecule has 0 saturated heterocycles. The Morgan fingerprint density at radius 2 is 1.35 bits per heavy atom. The topological polar surface area (TPSA) is 37.3 Å². The highest BCUT2D eigenvalue weighted by Crippen LogP contribution is 2.49. The van der Waals surface area contributed by atoms with Gasteiger partial charge in [-0.2, -0.15) is 0 Å². The highest BCUT2D eigenvalue weighted by molar-refractivity contribution is 6.31. The SMILES string of the molecule is O=C(O)c1ccc(Cl)cc1-c1ccc2c3c(cccc13)-c1ccccc1-2. The van der Waals surface area contributed by atoms with Crippen LogP contribution in [0.1, 0.15) is 10.4 Å². The van der Waals surface area contributed by atoms with Crippen LogP contribution < -0.4 is 0 Å². The van der Waals surface area contributed by atoms with Crippen LogP contribution in [0.25, 0.3) is 44.2 Å². The first-order chi connectivity index (χ1) is 12.6. The summed E-state index contributed by atoms with van der Waals surface area (Å²) in [6, 6.07) is 23.6. The highest BCUT2D eigenvalue weighted by Gasteiger charge is 2.23. The van der Waals surface area contributed by atoms with Crippen LogP contribution >= 0.6 is 11.6 Å². The Bertz CT molecular complexity index is 1200. The monoisotopic (exact) mass is 356 g/mol. The molecule has 1 aliphatic rings. The third kappa shape index (κ3) is 2.03. The van der Waals surface area contributed by atoms with Crippen LogP contribution in [-0.2, 0) is 0 Å². The van der Waals surface area contributed by atoms with Gasteiger partial charge in [0.15, 0.2) is 0 Å². The molecule has 26 heavy (non-hydrogen) atoms. The van der Waals surface area contributed by atoms with E-state index >= 15 is 0 Å². The van der Waals surface area contributed by atoms with Gasteiger partial charge < -0.3 is 5.11 Å². The number of aromatic carboxylic acids is 1. The summed E-state index contributed by atoms with van der Waals surface area (Å²) in [6.45, 7) is 0. The summed E-state index contributed by atoms with van der Waals surface area (Å²) in [6.07, 6.45) is 0. The van der Waals surface area contributed by atoms with Crippen molar-refractivity contribution in [2.75, 3.05) is 0 Å². The number of carbonyl (C=O) groups is 1. The second-order valence-electron chi connectivity index (χ2n) is 6.43. The van der Waals surface area contributed by atoms with E-state index in [4.69, 9.17) is 11.6 Å². The van der Waals surface area contributed by atoms with E-state index in [9.17, 15) is 9.90 Å². The van der Waals surface area contributed by atoms with Gasteiger partial charge in [0.05, 0.1) is 5.56 Å². The average molecular weight is 357 g/mol. The number of hydrogen-bond donors (Lipinski definition) is 1. The maximum absolute atomic E-state index is 11.7. The molecule has 4 aromatic carbocycles. The molecule has 0 bridgehead atoms. The molecule has 1 aliphatic carbocycles. The van der Waals surface area contributed by atoms with Crippen molar-refractivity contribution in [3.63, 3.8) is 0 Å². The first-order valence-corrected chi connectivity index (χ1v) is 8.71. The lowest BCUT2D eigenvalue weighted by Crippen LogP contribution is -1.99. The first kappa shape index (κ1) is 15.2. The molecule has 0 saturated carbocycles. The number of carboxylic acids is 1. The zero-order chi connectivity index (χ0) is 17.8. The molecule has 1 N–H and O–H groups in total. The molecule has 0 spiro atoms. The molecule has 124 valence electrons. The van der Waals surface area contributed by atoms with Crippen LogP contribution in [0.4, 0.5) is 0 Å². The van der Waals surface area contributed by atoms with E-state index < -0.39 is 5.97 Å². The van der Waals surface area contributed by atoms with Crippen molar-refractivity contribution in [2.45, 2.75) is 0 Å². The minimum atomic E-state index is -0.955. The van der Waals surface area contributed by atoms with E-state index in [1.807, 2.05) is 24.3 Å². The molecule has 0 atom stereocenters. The van der Waals surface area contributed by atoms with Crippen LogP contribution in [0.3, 0.4) is 0 Å². The van der Waals surface area contributed by atoms with Crippen molar-refractivity contribution in [3.05, 3.63) is 83.4 Å². The molecule has 0 aliphatic heterocycles. The Labute approximate surface area is 155 Å². The lowest BCUT2D eigenvalue weighted by atomic mass is 9.92. The van der Waals surface area contributed by atoms with Crippen molar-refractivity contribution in [1.82, 2.24) is 0 Å². The molecular weight excluding hydrogens is 344 g/mol. The number of hydrogen-bond acceptors (Lipinski definition) is 1. The van der Waals surface area contributed by atoms with Gasteiger partial charge >= 0.3 is 5.97 Å². The van der Waals surface area contributed by atoms with Crippen molar-refractivity contribution in [3.8, 4) is 33.4 Å². The van der Waals surface area contributed by atoms with E-state index in [2.05, 4.69) is 30.3 Å². The minimum Gasteiger partial charge on any atom is -0.478 e. The Morgan fingerprint density at radius 1 is 0.692 bits per heavy atom. The van der Waals surface area contributed by atoms with Crippen molar-refractivity contribution in [1.29, 1.82) is 0 Å². The minimum absolute atomic E-state index is 0.255. The van der Waals surface area contributed by atoms with Crippen LogP contribution in [0, 0.1) is 0 Å². The van der Waals surface area contributed by atoms with E-state index in [0.717, 1.165) is 10.9 Å². The Hall–Kier alpha value is -3.10. The molecule has 0 heterocycles. The van der Waals surface area contributed by atoms with Gasteiger partial charge in [0.1, 0.15) is 0 Å². The quantitative estimate of drug-likeness (QED) is 0.391. The van der Waals surface area contributed by atoms with Gasteiger partial charge in [-0.15, -0.1) is 0 Å². The van der Waals surface area contributed by atoms with Crippen molar-refractivity contribution < 1.29 is 9.90 Å². The predicted octanol–water partition coefficient (Wildman–Crippen LogP) is 6.51. The van der Waals surface area contributed by atoms with Crippen molar-refractivity contribution in [2.24, 2.45) is 0 Å². The highest BCUT2D eigenvalue weighted by atomic mass is 35.5. The zero-order valence-corrected chi connectivity index (χ0v) is 14.4. The van der Waals surface area contributed by atoms with E-state index in [1.54, 1.807) is 18.2 Å². The summed E-state index contributed by atoms with van der Waals surface area (Å²) in [5.74, 6) is -0.955. The summed E-state index contributed by atoms with van der Waals surface area (Å²) in [5, 5.41) is 12.3. The molecule has 0 unspecified atom stereocenters. The van der Waals surface area contributed by atoms with E-state index in [0.29, 0.717) is 10.6 Å². The fraction of sp³-hybridized carbons (Fsp3) is 0. The van der Waals surface area contributed by atoms with Gasteiger partial charge in [0, 0.05) is 5.02 Å². The molecule has 5 rings (SSSR count). The average Bonchev–Trinajstić information content (AvgIpc) is 2.98. The second-order valence-corrected chi connectivity index (χ2v) is 6.87. The zero-order valence-electron chi connectivity index (χ0n) is 13.7. The number of carboxylic acid groups (broad SMARTS) is 1. The fourth-order valence-corrected chi connectivity index (χ4v) is 4.14. The third-order valence-electron chi connectivity index (χ3n) is 5.05. The molecule has 0 radical (unpaired) electrons. The number of halogens is 1. The Balaban J connectivity index is 1.89. The Kier molecular flexibility index (Phi) is 3.18. The maximum Gasteiger partial charge on any atom is 0.336 e. The van der Waals surface area contributed by atoms with Gasteiger partial charge in [-0.05, 0) is 62.4 Å². The van der Waals surface area contributed by atoms with E-state index in [-0.39, 0.29) is 5.56 Å². The van der Waals surface area contributed by atoms with Gasteiger partial charge in [-0.3, -0.25) is 0 Å². The fourth-order valence-electron chi connectivity index (χ4n) is 3.97. The summed E-state index contributed by atoms with van der Waals surface area (Å²) >= 11 is 6.18. The Morgan fingerprint density at radius 3 is 2.08 bits per heavy atom. The van der Waals surface area contributed by atoms with Gasteiger partial charge in [0.25, 0.3) is 0 Å². The molecule has 0 fully saturated rings. The summed E-state index contributed by atoms with van der Waals surface area (Å²) in [5.41, 5.74) is 6.60. The molecular formula is C23H13ClO2. The standard InChI is InChI=1S/C23H13ClO2/c24-13-8-9-20(23(25)26)21(12-13)16-10-11-19-15-5-2-1-4-14(15)17-6-3-7-18(16)22(17)19/h1-12H,(H,25,26). The van der Waals surface area contributed by atoms with E-state index in [1.165, 1.54) is 27.6 Å². The van der Waals surface area contributed by atoms with Crippen LogP contribution in [0.2, 0.25) is 5.02 Å². The van der Waals surface area contributed by atoms with Crippen LogP contribution in [0.15, 0.2) is 72.8 Å². The lowest BCUT2D eigenvalue weighted by molar-refractivity contribution is 0.0698. The number of fused-ring (bicyclic) bond motifs is 3. The first-order valence-electron chi connectivity index (χ1n) is 8.34. The molecule has 4 aromatic rings. The largest absolute Gasteiger partial charge is 0.478 e. The number of benzene rings is 4. The third-order valence-corrected chi connectivity index (χ3v) is 5.29. The second kappa shape index (κ2) is 5.45. The predicted molar refractivity (Wildman–Crippen MR) is 106 cm³/mol. The summed E-state index contributed by atoms with van der Waals surface area (Å²) in [4.78, 5) is 11.7. The molecule has 0 aromatic heterocycles. The van der Waals surface area contributed by atoms with Crippen molar-refractivity contribution >= 4 is 28.3 Å². The van der Waals surface area contributed by atoms with Crippen LogP contribution in [-0.4, -0.2) is 11.1 Å². The summed E-state index contributed by atoms with van der Waals surface area (Å²) < 4.78 is 0. The maximum atomic E-state index is 11.7.